The van der Waals surface area contributed by atoms with Crippen LogP contribution in [0.25, 0.3) is 0 Å². The number of nitrogens with one attached hydrogen (secondary N) is 1. The number of nitro benzene ring substituents is 1. The molecule has 2 unspecified atom stereocenters. The summed E-state index contributed by atoms with van der Waals surface area (Å²) < 4.78 is 26.2. The molecule has 0 aliphatic heterocycles. The third kappa shape index (κ3) is 3.66. The topological polar surface area (TPSA) is 75.4 Å². The summed E-state index contributed by atoms with van der Waals surface area (Å²) in [5, 5.41) is 23.1. The Kier molecular flexibility index (Phi) is 5.06. The van der Waals surface area contributed by atoms with Gasteiger partial charge < -0.3 is 10.4 Å². The number of anilines is 1. The van der Waals surface area contributed by atoms with E-state index >= 15 is 0 Å². The molecule has 2 N–H and O–H groups in total. The number of aliphatic hydroxyl groups excluding tert-OH is 1. The number of hydrogen-bond acceptors (Lipinski definition) is 4. The smallest absolute Gasteiger partial charge is 0.270 e. The van der Waals surface area contributed by atoms with Crippen molar-refractivity contribution >= 4 is 11.4 Å². The number of hydrogen-bond donors (Lipinski definition) is 2. The van der Waals surface area contributed by atoms with Crippen LogP contribution in [0.3, 0.4) is 0 Å². The van der Waals surface area contributed by atoms with Crippen LogP contribution in [0.5, 0.6) is 0 Å². The molecular weight excluding hydrogens is 282 g/mol. The molecule has 0 aromatic heterocycles. The lowest BCUT2D eigenvalue weighted by atomic mass is 9.85. The maximum atomic E-state index is 13.1. The Morgan fingerprint density at radius 3 is 2.71 bits per heavy atom. The van der Waals surface area contributed by atoms with E-state index in [0.29, 0.717) is 0 Å². The minimum atomic E-state index is -2.79. The molecule has 0 saturated heterocycles. The van der Waals surface area contributed by atoms with Crippen molar-refractivity contribution in [1.29, 1.82) is 0 Å². The zero-order valence-electron chi connectivity index (χ0n) is 11.5. The van der Waals surface area contributed by atoms with Crippen LogP contribution < -0.4 is 5.32 Å². The van der Waals surface area contributed by atoms with E-state index in [0.717, 1.165) is 31.7 Å². The zero-order valence-corrected chi connectivity index (χ0v) is 11.5. The lowest BCUT2D eigenvalue weighted by Gasteiger charge is -2.32. The van der Waals surface area contributed by atoms with Crippen molar-refractivity contribution < 1.29 is 18.8 Å². The number of aliphatic hydroxyl groups is 1. The fraction of sp³-hybridized carbons (Fsp3) is 0.571. The lowest BCUT2D eigenvalue weighted by molar-refractivity contribution is -0.385. The quantitative estimate of drug-likeness (QED) is 0.644. The first-order chi connectivity index (χ1) is 10.0. The van der Waals surface area contributed by atoms with E-state index in [1.165, 1.54) is 12.1 Å². The Hall–Kier alpha value is -1.76. The van der Waals surface area contributed by atoms with Crippen LogP contribution in [0, 0.1) is 16.0 Å². The van der Waals surface area contributed by atoms with E-state index in [4.69, 9.17) is 0 Å². The molecule has 2 rings (SSSR count). The van der Waals surface area contributed by atoms with E-state index in [9.17, 15) is 24.0 Å². The van der Waals surface area contributed by atoms with Gasteiger partial charge in [0.15, 0.2) is 0 Å². The summed E-state index contributed by atoms with van der Waals surface area (Å²) in [5.41, 5.74) is -0.509. The summed E-state index contributed by atoms with van der Waals surface area (Å²) in [6.07, 6.45) is 0.857. The second-order valence-corrected chi connectivity index (χ2v) is 5.31. The normalized spacial score (nSPS) is 22.3. The molecule has 1 aliphatic carbocycles. The van der Waals surface area contributed by atoms with Gasteiger partial charge in [0.05, 0.1) is 4.92 Å². The van der Waals surface area contributed by atoms with Crippen LogP contribution in [0.1, 0.15) is 37.7 Å². The molecule has 21 heavy (non-hydrogen) atoms. The zero-order chi connectivity index (χ0) is 15.4. The minimum Gasteiger partial charge on any atom is -0.396 e. The highest BCUT2D eigenvalue weighted by Crippen LogP contribution is 2.34. The Labute approximate surface area is 121 Å². The number of non-ortho nitro benzene ring substituents is 1. The predicted octanol–water partition coefficient (Wildman–Crippen LogP) is 3.50. The molecule has 1 aromatic rings. The van der Waals surface area contributed by atoms with Crippen molar-refractivity contribution in [2.24, 2.45) is 5.92 Å². The van der Waals surface area contributed by atoms with Gasteiger partial charge in [-0.25, -0.2) is 8.78 Å². The molecule has 2 atom stereocenters. The van der Waals surface area contributed by atoms with Crippen molar-refractivity contribution in [1.82, 2.24) is 0 Å². The molecule has 1 aromatic carbocycles. The molecule has 1 fully saturated rings. The fourth-order valence-corrected chi connectivity index (χ4v) is 2.79. The third-order valence-corrected chi connectivity index (χ3v) is 3.97. The van der Waals surface area contributed by atoms with Crippen LogP contribution in [-0.2, 0) is 0 Å². The third-order valence-electron chi connectivity index (χ3n) is 3.97. The first kappa shape index (κ1) is 15.6. The standard InChI is InChI=1S/C14H18F2N2O3/c15-14(16)11-7-10(18(20)21)5-6-13(11)17-12-4-2-1-3-9(12)8-19/h5-7,9,12,14,17,19H,1-4,8H2. The molecule has 0 bridgehead atoms. The molecule has 7 heteroatoms. The average molecular weight is 300 g/mol. The molecular formula is C14H18F2N2O3. The summed E-state index contributed by atoms with van der Waals surface area (Å²) in [5.74, 6) is 0.0273. The van der Waals surface area contributed by atoms with Gasteiger partial charge in [-0.15, -0.1) is 0 Å². The highest BCUT2D eigenvalue weighted by Gasteiger charge is 2.26. The molecule has 0 spiro atoms. The number of alkyl halides is 2. The maximum absolute atomic E-state index is 13.1. The van der Waals surface area contributed by atoms with Crippen LogP contribution in [0.2, 0.25) is 0 Å². The summed E-state index contributed by atoms with van der Waals surface area (Å²) in [6.45, 7) is 0.00859. The monoisotopic (exact) mass is 300 g/mol. The Bertz CT molecular complexity index is 511. The Morgan fingerprint density at radius 2 is 2.10 bits per heavy atom. The summed E-state index contributed by atoms with van der Waals surface area (Å²) in [7, 11) is 0. The van der Waals surface area contributed by atoms with Crippen molar-refractivity contribution in [3.05, 3.63) is 33.9 Å². The predicted molar refractivity (Wildman–Crippen MR) is 74.5 cm³/mol. The van der Waals surface area contributed by atoms with Gasteiger partial charge in [0, 0.05) is 42.0 Å². The number of nitro groups is 1. The van der Waals surface area contributed by atoms with Crippen LogP contribution in [-0.4, -0.2) is 22.7 Å². The number of benzene rings is 1. The summed E-state index contributed by atoms with van der Waals surface area (Å²) >= 11 is 0. The molecule has 0 radical (unpaired) electrons. The van der Waals surface area contributed by atoms with E-state index in [-0.39, 0.29) is 35.5 Å². The average Bonchev–Trinajstić information content (AvgIpc) is 2.47. The van der Waals surface area contributed by atoms with Crippen LogP contribution in [0.4, 0.5) is 20.2 Å². The number of rotatable bonds is 5. The fourth-order valence-electron chi connectivity index (χ4n) is 2.79. The largest absolute Gasteiger partial charge is 0.396 e. The van der Waals surface area contributed by atoms with Gasteiger partial charge >= 0.3 is 0 Å². The molecule has 1 aliphatic rings. The lowest BCUT2D eigenvalue weighted by Crippen LogP contribution is -2.34. The molecule has 0 amide bonds. The Morgan fingerprint density at radius 1 is 1.38 bits per heavy atom. The van der Waals surface area contributed by atoms with Gasteiger partial charge in [0.2, 0.25) is 0 Å². The first-order valence-corrected chi connectivity index (χ1v) is 6.96. The van der Waals surface area contributed by atoms with Crippen molar-refractivity contribution in [3.8, 4) is 0 Å². The van der Waals surface area contributed by atoms with Gasteiger partial charge in [-0.2, -0.15) is 0 Å². The van der Waals surface area contributed by atoms with Gasteiger partial charge in [0.1, 0.15) is 0 Å². The van der Waals surface area contributed by atoms with Gasteiger partial charge in [0.25, 0.3) is 12.1 Å². The molecule has 5 nitrogen and oxygen atoms in total. The van der Waals surface area contributed by atoms with Crippen LogP contribution in [0.15, 0.2) is 18.2 Å². The second-order valence-electron chi connectivity index (χ2n) is 5.31. The van der Waals surface area contributed by atoms with E-state index < -0.39 is 11.3 Å². The molecule has 1 saturated carbocycles. The van der Waals surface area contributed by atoms with Gasteiger partial charge in [-0.1, -0.05) is 12.8 Å². The Balaban J connectivity index is 2.24. The SMILES string of the molecule is O=[N+]([O-])c1ccc(NC2CCCCC2CO)c(C(F)F)c1. The second kappa shape index (κ2) is 6.80. The van der Waals surface area contributed by atoms with Gasteiger partial charge in [-0.05, 0) is 18.9 Å². The van der Waals surface area contributed by atoms with Crippen LogP contribution >= 0.6 is 0 Å². The highest BCUT2D eigenvalue weighted by molar-refractivity contribution is 5.57. The summed E-state index contributed by atoms with van der Waals surface area (Å²) in [6, 6.07) is 3.36. The minimum absolute atomic E-state index is 0.00859. The summed E-state index contributed by atoms with van der Waals surface area (Å²) in [4.78, 5) is 9.99. The van der Waals surface area contributed by atoms with Crippen molar-refractivity contribution in [3.63, 3.8) is 0 Å². The number of halogens is 2. The van der Waals surface area contributed by atoms with E-state index in [1.54, 1.807) is 0 Å². The van der Waals surface area contributed by atoms with E-state index in [1.807, 2.05) is 0 Å². The number of nitrogens with zero attached hydrogens (tertiary/aromatic N) is 1. The first-order valence-electron chi connectivity index (χ1n) is 6.96. The van der Waals surface area contributed by atoms with Crippen molar-refractivity contribution in [2.45, 2.75) is 38.2 Å². The highest BCUT2D eigenvalue weighted by atomic mass is 19.3. The molecule has 116 valence electrons. The molecule has 0 heterocycles. The van der Waals surface area contributed by atoms with Gasteiger partial charge in [-0.3, -0.25) is 10.1 Å². The maximum Gasteiger partial charge on any atom is 0.270 e. The van der Waals surface area contributed by atoms with E-state index in [2.05, 4.69) is 5.32 Å². The van der Waals surface area contributed by atoms with Crippen molar-refractivity contribution in [2.75, 3.05) is 11.9 Å².